The van der Waals surface area contributed by atoms with Gasteiger partial charge >= 0.3 is 0 Å². The van der Waals surface area contributed by atoms with Gasteiger partial charge in [-0.25, -0.2) is 0 Å². The summed E-state index contributed by atoms with van der Waals surface area (Å²) in [4.78, 5) is 2.35. The summed E-state index contributed by atoms with van der Waals surface area (Å²) < 4.78 is 0. The highest BCUT2D eigenvalue weighted by Crippen LogP contribution is 2.26. The molecule has 3 nitrogen and oxygen atoms in total. The molecule has 0 radical (unpaired) electrons. The number of hydrogen-bond donors (Lipinski definition) is 2. The zero-order chi connectivity index (χ0) is 11.4. The second-order valence-electron chi connectivity index (χ2n) is 5.82. The molecule has 0 unspecified atom stereocenters. The predicted octanol–water partition coefficient (Wildman–Crippen LogP) is 1.22. The fourth-order valence-corrected chi connectivity index (χ4v) is 3.25. The molecule has 1 saturated carbocycles. The molecule has 0 spiro atoms. The van der Waals surface area contributed by atoms with Gasteiger partial charge < -0.3 is 15.3 Å². The fourth-order valence-electron chi connectivity index (χ4n) is 3.25. The molecule has 1 aliphatic heterocycles. The smallest absolute Gasteiger partial charge is 0.0798 e. The van der Waals surface area contributed by atoms with Crippen LogP contribution in [0, 0.1) is 5.92 Å². The molecule has 1 aliphatic carbocycles. The van der Waals surface area contributed by atoms with Gasteiger partial charge in [-0.3, -0.25) is 0 Å². The van der Waals surface area contributed by atoms with Crippen molar-refractivity contribution >= 4 is 0 Å². The highest BCUT2D eigenvalue weighted by atomic mass is 16.3. The summed E-state index contributed by atoms with van der Waals surface area (Å²) in [7, 11) is 2.17. The molecule has 0 aromatic rings. The van der Waals surface area contributed by atoms with Crippen LogP contribution in [0.15, 0.2) is 0 Å². The van der Waals surface area contributed by atoms with Gasteiger partial charge in [-0.05, 0) is 51.7 Å². The number of hydrogen-bond acceptors (Lipinski definition) is 3. The molecule has 16 heavy (non-hydrogen) atoms. The molecule has 0 atom stereocenters. The van der Waals surface area contributed by atoms with Crippen LogP contribution in [0.3, 0.4) is 0 Å². The lowest BCUT2D eigenvalue weighted by Crippen LogP contribution is -2.49. The van der Waals surface area contributed by atoms with Crippen LogP contribution in [0.25, 0.3) is 0 Å². The van der Waals surface area contributed by atoms with Gasteiger partial charge in [0.15, 0.2) is 0 Å². The topological polar surface area (TPSA) is 35.5 Å². The minimum atomic E-state index is -0.432. The molecule has 2 N–H and O–H groups in total. The summed E-state index contributed by atoms with van der Waals surface area (Å²) >= 11 is 0. The van der Waals surface area contributed by atoms with Crippen molar-refractivity contribution in [1.29, 1.82) is 0 Å². The van der Waals surface area contributed by atoms with Gasteiger partial charge in [-0.15, -0.1) is 0 Å². The molecule has 1 heterocycles. The van der Waals surface area contributed by atoms with Gasteiger partial charge in [0.05, 0.1) is 5.60 Å². The van der Waals surface area contributed by atoms with E-state index in [4.69, 9.17) is 0 Å². The summed E-state index contributed by atoms with van der Waals surface area (Å²) in [5, 5.41) is 13.7. The molecule has 2 fully saturated rings. The maximum absolute atomic E-state index is 10.4. The van der Waals surface area contributed by atoms with E-state index in [2.05, 4.69) is 17.3 Å². The Balaban J connectivity index is 1.74. The molecule has 2 aliphatic rings. The standard InChI is InChI=1S/C13H26N2O/c1-15(10-12-4-2-3-5-12)11-13(16)6-8-14-9-7-13/h12,14,16H,2-11H2,1H3. The van der Waals surface area contributed by atoms with E-state index in [1.807, 2.05) is 0 Å². The van der Waals surface area contributed by atoms with Crippen LogP contribution in [0.1, 0.15) is 38.5 Å². The van der Waals surface area contributed by atoms with Gasteiger partial charge in [0.1, 0.15) is 0 Å². The van der Waals surface area contributed by atoms with E-state index in [1.165, 1.54) is 32.2 Å². The maximum atomic E-state index is 10.4. The Bertz CT molecular complexity index is 208. The lowest BCUT2D eigenvalue weighted by molar-refractivity contribution is -0.0177. The molecule has 0 amide bonds. The van der Waals surface area contributed by atoms with E-state index < -0.39 is 5.60 Å². The third-order valence-electron chi connectivity index (χ3n) is 4.14. The first-order chi connectivity index (χ1) is 7.68. The second kappa shape index (κ2) is 5.48. The van der Waals surface area contributed by atoms with E-state index >= 15 is 0 Å². The Morgan fingerprint density at radius 2 is 1.88 bits per heavy atom. The number of aliphatic hydroxyl groups is 1. The van der Waals surface area contributed by atoms with E-state index in [9.17, 15) is 5.11 Å². The molecule has 2 rings (SSSR count). The Morgan fingerprint density at radius 3 is 2.50 bits per heavy atom. The van der Waals surface area contributed by atoms with Crippen LogP contribution in [-0.2, 0) is 0 Å². The quantitative estimate of drug-likeness (QED) is 0.756. The predicted molar refractivity (Wildman–Crippen MR) is 66.5 cm³/mol. The average molecular weight is 226 g/mol. The monoisotopic (exact) mass is 226 g/mol. The Labute approximate surface area is 99.2 Å². The third kappa shape index (κ3) is 3.44. The van der Waals surface area contributed by atoms with Crippen molar-refractivity contribution in [1.82, 2.24) is 10.2 Å². The van der Waals surface area contributed by atoms with Gasteiger partial charge in [0.25, 0.3) is 0 Å². The van der Waals surface area contributed by atoms with Crippen LogP contribution in [0.4, 0.5) is 0 Å². The van der Waals surface area contributed by atoms with E-state index in [0.29, 0.717) is 0 Å². The zero-order valence-electron chi connectivity index (χ0n) is 10.5. The first kappa shape index (κ1) is 12.3. The molecule has 0 aromatic carbocycles. The van der Waals surface area contributed by atoms with Crippen molar-refractivity contribution in [2.45, 2.75) is 44.1 Å². The van der Waals surface area contributed by atoms with Crippen molar-refractivity contribution in [3.8, 4) is 0 Å². The summed E-state index contributed by atoms with van der Waals surface area (Å²) in [5.74, 6) is 0.885. The normalized spacial score (nSPS) is 26.4. The van der Waals surface area contributed by atoms with Crippen LogP contribution < -0.4 is 5.32 Å². The Morgan fingerprint density at radius 1 is 1.25 bits per heavy atom. The number of nitrogens with one attached hydrogen (secondary N) is 1. The van der Waals surface area contributed by atoms with Gasteiger partial charge in [-0.2, -0.15) is 0 Å². The molecule has 94 valence electrons. The Kier molecular flexibility index (Phi) is 4.22. The fraction of sp³-hybridized carbons (Fsp3) is 1.00. The van der Waals surface area contributed by atoms with Gasteiger partial charge in [-0.1, -0.05) is 12.8 Å². The van der Waals surface area contributed by atoms with Crippen molar-refractivity contribution in [3.05, 3.63) is 0 Å². The minimum absolute atomic E-state index is 0.432. The SMILES string of the molecule is CN(CC1CCCC1)CC1(O)CCNCC1. The van der Waals surface area contributed by atoms with Crippen LogP contribution >= 0.6 is 0 Å². The lowest BCUT2D eigenvalue weighted by atomic mass is 9.91. The molecule has 1 saturated heterocycles. The summed E-state index contributed by atoms with van der Waals surface area (Å²) in [6.45, 7) is 3.96. The molecule has 3 heteroatoms. The first-order valence-corrected chi connectivity index (χ1v) is 6.80. The van der Waals surface area contributed by atoms with Crippen molar-refractivity contribution in [2.75, 3.05) is 33.2 Å². The van der Waals surface area contributed by atoms with E-state index in [1.54, 1.807) is 0 Å². The maximum Gasteiger partial charge on any atom is 0.0798 e. The largest absolute Gasteiger partial charge is 0.388 e. The molecule has 0 aromatic heterocycles. The molecular weight excluding hydrogens is 200 g/mol. The average Bonchev–Trinajstić information content (AvgIpc) is 2.70. The number of likely N-dealkylation sites (N-methyl/N-ethyl adjacent to an activating group) is 1. The number of piperidine rings is 1. The van der Waals surface area contributed by atoms with Crippen molar-refractivity contribution in [3.63, 3.8) is 0 Å². The highest BCUT2D eigenvalue weighted by Gasteiger charge is 2.31. The Hall–Kier alpha value is -0.120. The van der Waals surface area contributed by atoms with Crippen LogP contribution in [0.5, 0.6) is 0 Å². The molecule has 0 bridgehead atoms. The van der Waals surface area contributed by atoms with Gasteiger partial charge in [0, 0.05) is 13.1 Å². The second-order valence-corrected chi connectivity index (χ2v) is 5.82. The summed E-state index contributed by atoms with van der Waals surface area (Å²) in [6.07, 6.45) is 7.41. The summed E-state index contributed by atoms with van der Waals surface area (Å²) in [5.41, 5.74) is -0.432. The van der Waals surface area contributed by atoms with Crippen molar-refractivity contribution in [2.24, 2.45) is 5.92 Å². The van der Waals surface area contributed by atoms with Crippen molar-refractivity contribution < 1.29 is 5.11 Å². The number of nitrogens with zero attached hydrogens (tertiary/aromatic N) is 1. The number of rotatable bonds is 4. The molecular formula is C13H26N2O. The summed E-state index contributed by atoms with van der Waals surface area (Å²) in [6, 6.07) is 0. The van der Waals surface area contributed by atoms with Crippen LogP contribution in [-0.4, -0.2) is 48.8 Å². The van der Waals surface area contributed by atoms with Gasteiger partial charge in [0.2, 0.25) is 0 Å². The first-order valence-electron chi connectivity index (χ1n) is 6.80. The van der Waals surface area contributed by atoms with Crippen LogP contribution in [0.2, 0.25) is 0 Å². The van der Waals surface area contributed by atoms with E-state index in [-0.39, 0.29) is 0 Å². The lowest BCUT2D eigenvalue weighted by Gasteiger charge is -2.36. The highest BCUT2D eigenvalue weighted by molar-refractivity contribution is 4.87. The third-order valence-corrected chi connectivity index (χ3v) is 4.14. The minimum Gasteiger partial charge on any atom is -0.388 e. The zero-order valence-corrected chi connectivity index (χ0v) is 10.5. The van der Waals surface area contributed by atoms with E-state index in [0.717, 1.165) is 38.4 Å².